The SMILES string of the molecule is CCOC(=O)C(N)C(=O)NCc1cccc(C)c1. The van der Waals surface area contributed by atoms with Crippen molar-refractivity contribution < 1.29 is 14.3 Å². The smallest absolute Gasteiger partial charge is 0.332 e. The Hall–Kier alpha value is -1.88. The maximum atomic E-state index is 11.6. The first-order valence-corrected chi connectivity index (χ1v) is 5.80. The monoisotopic (exact) mass is 250 g/mol. The van der Waals surface area contributed by atoms with Crippen molar-refractivity contribution in [1.82, 2.24) is 5.32 Å². The van der Waals surface area contributed by atoms with Crippen LogP contribution in [-0.2, 0) is 20.9 Å². The molecule has 5 heteroatoms. The molecule has 0 aliphatic carbocycles. The molecule has 0 saturated heterocycles. The number of aryl methyl sites for hydroxylation is 1. The van der Waals surface area contributed by atoms with Gasteiger partial charge in [-0.2, -0.15) is 0 Å². The van der Waals surface area contributed by atoms with E-state index in [1.807, 2.05) is 31.2 Å². The van der Waals surface area contributed by atoms with Crippen molar-refractivity contribution in [2.45, 2.75) is 26.4 Å². The summed E-state index contributed by atoms with van der Waals surface area (Å²) in [5.41, 5.74) is 7.52. The molecule has 5 nitrogen and oxygen atoms in total. The average Bonchev–Trinajstić information content (AvgIpc) is 2.35. The van der Waals surface area contributed by atoms with E-state index in [4.69, 9.17) is 5.73 Å². The molecule has 1 atom stereocenters. The van der Waals surface area contributed by atoms with Gasteiger partial charge in [-0.05, 0) is 19.4 Å². The van der Waals surface area contributed by atoms with Crippen molar-refractivity contribution in [2.24, 2.45) is 5.73 Å². The zero-order valence-electron chi connectivity index (χ0n) is 10.6. The number of nitrogens with two attached hydrogens (primary N) is 1. The van der Waals surface area contributed by atoms with Crippen molar-refractivity contribution in [3.63, 3.8) is 0 Å². The number of benzene rings is 1. The number of nitrogens with one attached hydrogen (secondary N) is 1. The summed E-state index contributed by atoms with van der Waals surface area (Å²) in [7, 11) is 0. The van der Waals surface area contributed by atoms with Gasteiger partial charge in [0, 0.05) is 6.54 Å². The Balaban J connectivity index is 2.48. The van der Waals surface area contributed by atoms with Crippen molar-refractivity contribution >= 4 is 11.9 Å². The quantitative estimate of drug-likeness (QED) is 0.589. The molecular formula is C13H18N2O3. The Morgan fingerprint density at radius 1 is 1.44 bits per heavy atom. The molecule has 1 unspecified atom stereocenters. The fourth-order valence-electron chi connectivity index (χ4n) is 1.46. The Morgan fingerprint density at radius 2 is 2.17 bits per heavy atom. The zero-order chi connectivity index (χ0) is 13.5. The van der Waals surface area contributed by atoms with E-state index in [0.717, 1.165) is 11.1 Å². The van der Waals surface area contributed by atoms with Gasteiger partial charge in [0.25, 0.3) is 0 Å². The topological polar surface area (TPSA) is 81.4 Å². The van der Waals surface area contributed by atoms with Crippen LogP contribution in [0.1, 0.15) is 18.1 Å². The molecule has 0 bridgehead atoms. The summed E-state index contributed by atoms with van der Waals surface area (Å²) >= 11 is 0. The summed E-state index contributed by atoms with van der Waals surface area (Å²) in [6.07, 6.45) is 0. The maximum absolute atomic E-state index is 11.6. The lowest BCUT2D eigenvalue weighted by Crippen LogP contribution is -2.46. The molecule has 0 spiro atoms. The van der Waals surface area contributed by atoms with Crippen LogP contribution in [0.2, 0.25) is 0 Å². The number of esters is 1. The summed E-state index contributed by atoms with van der Waals surface area (Å²) in [6, 6.07) is 6.45. The zero-order valence-corrected chi connectivity index (χ0v) is 10.6. The fourth-order valence-corrected chi connectivity index (χ4v) is 1.46. The van der Waals surface area contributed by atoms with Crippen molar-refractivity contribution in [1.29, 1.82) is 0 Å². The Labute approximate surface area is 106 Å². The van der Waals surface area contributed by atoms with Crippen LogP contribution < -0.4 is 11.1 Å². The van der Waals surface area contributed by atoms with Crippen LogP contribution in [0.4, 0.5) is 0 Å². The first kappa shape index (κ1) is 14.2. The van der Waals surface area contributed by atoms with Crippen molar-refractivity contribution in [3.8, 4) is 0 Å². The van der Waals surface area contributed by atoms with E-state index < -0.39 is 17.9 Å². The first-order chi connectivity index (χ1) is 8.54. The summed E-state index contributed by atoms with van der Waals surface area (Å²) in [4.78, 5) is 22.8. The van der Waals surface area contributed by atoms with Gasteiger partial charge in [-0.3, -0.25) is 4.79 Å². The molecule has 0 aliphatic heterocycles. The normalized spacial score (nSPS) is 11.7. The molecule has 0 aromatic heterocycles. The van der Waals surface area contributed by atoms with Gasteiger partial charge in [0.2, 0.25) is 5.91 Å². The van der Waals surface area contributed by atoms with E-state index in [0.29, 0.717) is 6.54 Å². The highest BCUT2D eigenvalue weighted by Crippen LogP contribution is 2.03. The predicted octanol–water partition coefficient (Wildman–Crippen LogP) is 0.502. The van der Waals surface area contributed by atoms with Crippen LogP contribution >= 0.6 is 0 Å². The lowest BCUT2D eigenvalue weighted by molar-refractivity contribution is -0.148. The highest BCUT2D eigenvalue weighted by atomic mass is 16.5. The molecule has 0 radical (unpaired) electrons. The molecular weight excluding hydrogens is 232 g/mol. The molecule has 1 rings (SSSR count). The summed E-state index contributed by atoms with van der Waals surface area (Å²) in [6.45, 7) is 4.18. The standard InChI is InChI=1S/C13H18N2O3/c1-3-18-13(17)11(14)12(16)15-8-10-6-4-5-9(2)7-10/h4-7,11H,3,8,14H2,1-2H3,(H,15,16). The number of amides is 1. The van der Waals surface area contributed by atoms with Crippen LogP contribution in [0, 0.1) is 6.92 Å². The highest BCUT2D eigenvalue weighted by Gasteiger charge is 2.22. The lowest BCUT2D eigenvalue weighted by atomic mass is 10.1. The number of hydrogen-bond donors (Lipinski definition) is 2. The van der Waals surface area contributed by atoms with Gasteiger partial charge < -0.3 is 15.8 Å². The average molecular weight is 250 g/mol. The minimum absolute atomic E-state index is 0.206. The third-order valence-electron chi connectivity index (χ3n) is 2.37. The third-order valence-corrected chi connectivity index (χ3v) is 2.37. The second-order valence-electron chi connectivity index (χ2n) is 3.94. The van der Waals surface area contributed by atoms with E-state index in [9.17, 15) is 9.59 Å². The van der Waals surface area contributed by atoms with Crippen LogP contribution in [0.3, 0.4) is 0 Å². The molecule has 1 aromatic carbocycles. The van der Waals surface area contributed by atoms with Crippen LogP contribution in [-0.4, -0.2) is 24.5 Å². The number of hydrogen-bond acceptors (Lipinski definition) is 4. The molecule has 0 aliphatic rings. The van der Waals surface area contributed by atoms with Crippen molar-refractivity contribution in [2.75, 3.05) is 6.61 Å². The maximum Gasteiger partial charge on any atom is 0.332 e. The summed E-state index contributed by atoms with van der Waals surface area (Å²) in [5, 5.41) is 2.60. The molecule has 0 saturated carbocycles. The third kappa shape index (κ3) is 4.18. The highest BCUT2D eigenvalue weighted by molar-refractivity contribution is 6.01. The van der Waals surface area contributed by atoms with E-state index in [1.165, 1.54) is 0 Å². The molecule has 3 N–H and O–H groups in total. The van der Waals surface area contributed by atoms with Crippen LogP contribution in [0.25, 0.3) is 0 Å². The summed E-state index contributed by atoms with van der Waals surface area (Å²) < 4.78 is 4.67. The Bertz CT molecular complexity index is 432. The second kappa shape index (κ2) is 6.76. The van der Waals surface area contributed by atoms with Gasteiger partial charge in [0.1, 0.15) is 0 Å². The number of ether oxygens (including phenoxy) is 1. The van der Waals surface area contributed by atoms with Gasteiger partial charge in [-0.25, -0.2) is 4.79 Å². The van der Waals surface area contributed by atoms with Gasteiger partial charge >= 0.3 is 5.97 Å². The van der Waals surface area contributed by atoms with E-state index in [1.54, 1.807) is 6.92 Å². The minimum atomic E-state index is -1.27. The summed E-state index contributed by atoms with van der Waals surface area (Å²) in [5.74, 6) is -1.24. The predicted molar refractivity (Wildman–Crippen MR) is 67.6 cm³/mol. The largest absolute Gasteiger partial charge is 0.464 e. The second-order valence-corrected chi connectivity index (χ2v) is 3.94. The minimum Gasteiger partial charge on any atom is -0.464 e. The molecule has 18 heavy (non-hydrogen) atoms. The number of rotatable bonds is 5. The van der Waals surface area contributed by atoms with Crippen LogP contribution in [0.5, 0.6) is 0 Å². The number of carbonyl (C=O) groups is 2. The number of carbonyl (C=O) groups excluding carboxylic acids is 2. The lowest BCUT2D eigenvalue weighted by Gasteiger charge is -2.11. The van der Waals surface area contributed by atoms with E-state index >= 15 is 0 Å². The molecule has 0 heterocycles. The van der Waals surface area contributed by atoms with Gasteiger partial charge in [-0.1, -0.05) is 29.8 Å². The molecule has 1 amide bonds. The Morgan fingerprint density at radius 3 is 2.78 bits per heavy atom. The van der Waals surface area contributed by atoms with Gasteiger partial charge in [0.15, 0.2) is 6.04 Å². The van der Waals surface area contributed by atoms with Gasteiger partial charge in [0.05, 0.1) is 6.61 Å². The Kier molecular flexibility index (Phi) is 5.32. The van der Waals surface area contributed by atoms with Gasteiger partial charge in [-0.15, -0.1) is 0 Å². The van der Waals surface area contributed by atoms with Crippen LogP contribution in [0.15, 0.2) is 24.3 Å². The van der Waals surface area contributed by atoms with Crippen molar-refractivity contribution in [3.05, 3.63) is 35.4 Å². The van der Waals surface area contributed by atoms with E-state index in [-0.39, 0.29) is 6.61 Å². The molecule has 1 aromatic rings. The molecule has 98 valence electrons. The fraction of sp³-hybridized carbons (Fsp3) is 0.385. The molecule has 0 fully saturated rings. The first-order valence-electron chi connectivity index (χ1n) is 5.80. The van der Waals surface area contributed by atoms with E-state index in [2.05, 4.69) is 10.1 Å².